The van der Waals surface area contributed by atoms with E-state index >= 15 is 0 Å². The third-order valence-electron chi connectivity index (χ3n) is 1.89. The van der Waals surface area contributed by atoms with Gasteiger partial charge in [-0.05, 0) is 28.1 Å². The average molecular weight is 285 g/mol. The Morgan fingerprint density at radius 3 is 2.93 bits per heavy atom. The summed E-state index contributed by atoms with van der Waals surface area (Å²) in [6, 6.07) is 7.67. The van der Waals surface area contributed by atoms with Crippen molar-refractivity contribution in [1.82, 2.24) is 5.32 Å². The Balaban J connectivity index is 2.22. The van der Waals surface area contributed by atoms with Crippen LogP contribution in [0.15, 0.2) is 33.7 Å². The summed E-state index contributed by atoms with van der Waals surface area (Å²) in [5.41, 5.74) is 0.835. The fraction of sp³-hybridized carbons (Fsp3) is 0.200. The first-order valence-electron chi connectivity index (χ1n) is 4.51. The maximum Gasteiger partial charge on any atom is 0.226 e. The summed E-state index contributed by atoms with van der Waals surface area (Å²) in [7, 11) is 0. The molecule has 1 saturated heterocycles. The Morgan fingerprint density at radius 2 is 2.20 bits per heavy atom. The van der Waals surface area contributed by atoms with Crippen LogP contribution in [-0.4, -0.2) is 16.8 Å². The molecule has 78 valence electrons. The second-order valence-corrected chi connectivity index (χ2v) is 4.95. The van der Waals surface area contributed by atoms with Gasteiger partial charge in [0.2, 0.25) is 5.91 Å². The quantitative estimate of drug-likeness (QED) is 0.862. The molecule has 1 aliphatic heterocycles. The van der Waals surface area contributed by atoms with Crippen LogP contribution in [0.25, 0.3) is 0 Å². The number of benzene rings is 1. The van der Waals surface area contributed by atoms with Crippen molar-refractivity contribution in [2.24, 2.45) is 4.99 Å². The van der Waals surface area contributed by atoms with E-state index in [4.69, 9.17) is 0 Å². The van der Waals surface area contributed by atoms with Crippen molar-refractivity contribution in [3.05, 3.63) is 28.7 Å². The standard InChI is InChI=1S/C10H9BrN2OS/c11-7-3-1-2-4-8(7)12-10-13-9(14)5-6-15-10/h1-4H,5-6H2,(H,12,13,14). The third-order valence-corrected chi connectivity index (χ3v) is 3.43. The topological polar surface area (TPSA) is 41.5 Å². The summed E-state index contributed by atoms with van der Waals surface area (Å²) in [6.45, 7) is 0. The van der Waals surface area contributed by atoms with Crippen molar-refractivity contribution in [3.8, 4) is 0 Å². The number of hydrogen-bond donors (Lipinski definition) is 1. The van der Waals surface area contributed by atoms with Gasteiger partial charge in [-0.1, -0.05) is 23.9 Å². The molecule has 0 saturated carbocycles. The summed E-state index contributed by atoms with van der Waals surface area (Å²) in [6.07, 6.45) is 0.569. The van der Waals surface area contributed by atoms with E-state index in [-0.39, 0.29) is 5.91 Å². The summed E-state index contributed by atoms with van der Waals surface area (Å²) < 4.78 is 0.929. The maximum atomic E-state index is 11.1. The Morgan fingerprint density at radius 1 is 1.40 bits per heavy atom. The van der Waals surface area contributed by atoms with Gasteiger partial charge in [0.25, 0.3) is 0 Å². The predicted molar refractivity (Wildman–Crippen MR) is 66.5 cm³/mol. The Hall–Kier alpha value is -0.810. The molecule has 1 heterocycles. The molecule has 0 aliphatic carbocycles. The highest BCUT2D eigenvalue weighted by atomic mass is 79.9. The fourth-order valence-corrected chi connectivity index (χ4v) is 2.37. The zero-order valence-corrected chi connectivity index (χ0v) is 10.3. The summed E-state index contributed by atoms with van der Waals surface area (Å²) in [5, 5.41) is 3.42. The van der Waals surface area contributed by atoms with Crippen LogP contribution >= 0.6 is 27.7 Å². The van der Waals surface area contributed by atoms with Gasteiger partial charge in [-0.2, -0.15) is 0 Å². The van der Waals surface area contributed by atoms with Crippen LogP contribution < -0.4 is 5.32 Å². The summed E-state index contributed by atoms with van der Waals surface area (Å²) >= 11 is 4.98. The predicted octanol–water partition coefficient (Wildman–Crippen LogP) is 2.69. The number of nitrogens with zero attached hydrogens (tertiary/aromatic N) is 1. The Labute approximate surface area is 100 Å². The second kappa shape index (κ2) is 4.81. The van der Waals surface area contributed by atoms with Crippen LogP contribution in [-0.2, 0) is 4.79 Å². The number of nitrogens with one attached hydrogen (secondary N) is 1. The number of amides is 1. The number of carbonyl (C=O) groups excluding carboxylic acids is 1. The van der Waals surface area contributed by atoms with Crippen LogP contribution in [0.4, 0.5) is 5.69 Å². The number of thioether (sulfide) groups is 1. The first-order chi connectivity index (χ1) is 7.25. The van der Waals surface area contributed by atoms with Gasteiger partial charge in [0.1, 0.15) is 0 Å². The van der Waals surface area contributed by atoms with Gasteiger partial charge in [0.15, 0.2) is 5.17 Å². The zero-order valence-electron chi connectivity index (χ0n) is 7.87. The largest absolute Gasteiger partial charge is 0.305 e. The van der Waals surface area contributed by atoms with E-state index in [1.54, 1.807) is 11.8 Å². The van der Waals surface area contributed by atoms with Gasteiger partial charge in [0.05, 0.1) is 5.69 Å². The Kier molecular flexibility index (Phi) is 3.43. The smallest absolute Gasteiger partial charge is 0.226 e. The number of halogens is 1. The maximum absolute atomic E-state index is 11.1. The van der Waals surface area contributed by atoms with Crippen LogP contribution in [0.1, 0.15) is 6.42 Å². The number of amidine groups is 1. The highest BCUT2D eigenvalue weighted by molar-refractivity contribution is 9.10. The lowest BCUT2D eigenvalue weighted by Crippen LogP contribution is -2.32. The molecule has 0 spiro atoms. The molecule has 0 radical (unpaired) electrons. The molecule has 0 atom stereocenters. The number of aliphatic imine (C=N–C) groups is 1. The molecule has 1 aromatic carbocycles. The third kappa shape index (κ3) is 2.82. The van der Waals surface area contributed by atoms with Crippen LogP contribution in [0.2, 0.25) is 0 Å². The molecular weight excluding hydrogens is 276 g/mol. The van der Waals surface area contributed by atoms with E-state index in [1.807, 2.05) is 24.3 Å². The highest BCUT2D eigenvalue weighted by Gasteiger charge is 2.13. The second-order valence-electron chi connectivity index (χ2n) is 3.02. The molecule has 1 amide bonds. The summed E-state index contributed by atoms with van der Waals surface area (Å²) in [5.74, 6) is 0.842. The van der Waals surface area contributed by atoms with E-state index in [0.717, 1.165) is 15.9 Å². The van der Waals surface area contributed by atoms with Gasteiger partial charge in [-0.15, -0.1) is 0 Å². The van der Waals surface area contributed by atoms with Gasteiger partial charge < -0.3 is 5.32 Å². The first-order valence-corrected chi connectivity index (χ1v) is 6.29. The van der Waals surface area contributed by atoms with Gasteiger partial charge in [-0.3, -0.25) is 4.79 Å². The van der Waals surface area contributed by atoms with E-state index in [1.165, 1.54) is 0 Å². The zero-order chi connectivity index (χ0) is 10.7. The summed E-state index contributed by atoms with van der Waals surface area (Å²) in [4.78, 5) is 15.5. The molecule has 3 nitrogen and oxygen atoms in total. The monoisotopic (exact) mass is 284 g/mol. The number of carbonyl (C=O) groups is 1. The minimum atomic E-state index is 0.0413. The van der Waals surface area contributed by atoms with Crippen molar-refractivity contribution >= 4 is 44.5 Å². The van der Waals surface area contributed by atoms with Gasteiger partial charge >= 0.3 is 0 Å². The van der Waals surface area contributed by atoms with E-state index in [9.17, 15) is 4.79 Å². The minimum Gasteiger partial charge on any atom is -0.305 e. The molecule has 0 bridgehead atoms. The molecule has 2 rings (SSSR count). The molecule has 0 aromatic heterocycles. The lowest BCUT2D eigenvalue weighted by Gasteiger charge is -2.13. The van der Waals surface area contributed by atoms with Crippen LogP contribution in [0, 0.1) is 0 Å². The van der Waals surface area contributed by atoms with E-state index in [2.05, 4.69) is 26.2 Å². The van der Waals surface area contributed by atoms with Crippen molar-refractivity contribution in [2.75, 3.05) is 5.75 Å². The molecular formula is C10H9BrN2OS. The lowest BCUT2D eigenvalue weighted by atomic mass is 10.3. The number of hydrogen-bond acceptors (Lipinski definition) is 3. The normalized spacial score (nSPS) is 19.0. The van der Waals surface area contributed by atoms with Crippen LogP contribution in [0.3, 0.4) is 0 Å². The van der Waals surface area contributed by atoms with E-state index < -0.39 is 0 Å². The van der Waals surface area contributed by atoms with E-state index in [0.29, 0.717) is 11.6 Å². The molecule has 1 aromatic rings. The molecule has 1 aliphatic rings. The van der Waals surface area contributed by atoms with Gasteiger partial charge in [0, 0.05) is 16.6 Å². The molecule has 0 unspecified atom stereocenters. The van der Waals surface area contributed by atoms with Crippen molar-refractivity contribution < 1.29 is 4.79 Å². The SMILES string of the molecule is O=C1CCSC(=Nc2ccccc2Br)N1. The highest BCUT2D eigenvalue weighted by Crippen LogP contribution is 2.26. The lowest BCUT2D eigenvalue weighted by molar-refractivity contribution is -0.119. The number of rotatable bonds is 1. The van der Waals surface area contributed by atoms with Crippen LogP contribution in [0.5, 0.6) is 0 Å². The minimum absolute atomic E-state index is 0.0413. The fourth-order valence-electron chi connectivity index (χ4n) is 1.17. The van der Waals surface area contributed by atoms with Crippen molar-refractivity contribution in [1.29, 1.82) is 0 Å². The average Bonchev–Trinajstić information content (AvgIpc) is 2.22. The molecule has 15 heavy (non-hydrogen) atoms. The first kappa shape index (κ1) is 10.7. The van der Waals surface area contributed by atoms with Crippen molar-refractivity contribution in [2.45, 2.75) is 6.42 Å². The Bertz CT molecular complexity index is 420. The molecule has 1 fully saturated rings. The molecule has 1 N–H and O–H groups in total. The number of para-hydroxylation sites is 1. The van der Waals surface area contributed by atoms with Gasteiger partial charge in [-0.25, -0.2) is 4.99 Å². The molecule has 5 heteroatoms. The van der Waals surface area contributed by atoms with Crippen molar-refractivity contribution in [3.63, 3.8) is 0 Å².